The van der Waals surface area contributed by atoms with Crippen molar-refractivity contribution >= 4 is 23.0 Å². The molecule has 1 aromatic carbocycles. The van der Waals surface area contributed by atoms with Gasteiger partial charge in [-0.05, 0) is 32.9 Å². The first-order chi connectivity index (χ1) is 9.29. The number of nitrogens with zero attached hydrogens (tertiary/aromatic N) is 1. The van der Waals surface area contributed by atoms with Crippen molar-refractivity contribution in [3.63, 3.8) is 0 Å². The van der Waals surface area contributed by atoms with Gasteiger partial charge in [-0.3, -0.25) is 14.9 Å². The fraction of sp³-hybridized carbons (Fsp3) is 0.462. The highest BCUT2D eigenvalue weighted by molar-refractivity contribution is 5.81. The maximum absolute atomic E-state index is 11.3. The minimum absolute atomic E-state index is 0.0328. The van der Waals surface area contributed by atoms with Gasteiger partial charge >= 0.3 is 5.69 Å². The van der Waals surface area contributed by atoms with Gasteiger partial charge in [-0.15, -0.1) is 0 Å². The molecule has 0 radical (unpaired) electrons. The summed E-state index contributed by atoms with van der Waals surface area (Å²) < 4.78 is 0. The summed E-state index contributed by atoms with van der Waals surface area (Å²) in [6.07, 6.45) is 0. The van der Waals surface area contributed by atoms with Gasteiger partial charge in [0.15, 0.2) is 0 Å². The molecule has 0 unspecified atom stereocenters. The van der Waals surface area contributed by atoms with E-state index in [4.69, 9.17) is 5.73 Å². The van der Waals surface area contributed by atoms with Crippen molar-refractivity contribution in [2.45, 2.75) is 20.8 Å². The van der Waals surface area contributed by atoms with Crippen LogP contribution in [0.25, 0.3) is 0 Å². The number of carbonyl (C=O) groups is 1. The Morgan fingerprint density at radius 2 is 1.90 bits per heavy atom. The fourth-order valence-electron chi connectivity index (χ4n) is 1.62. The zero-order valence-electron chi connectivity index (χ0n) is 11.9. The number of nitrogens with one attached hydrogen (secondary N) is 2. The number of primary amides is 1. The first-order valence-corrected chi connectivity index (χ1v) is 6.34. The van der Waals surface area contributed by atoms with E-state index >= 15 is 0 Å². The average Bonchev–Trinajstić information content (AvgIpc) is 2.36. The van der Waals surface area contributed by atoms with E-state index in [0.717, 1.165) is 0 Å². The van der Waals surface area contributed by atoms with Crippen molar-refractivity contribution in [1.29, 1.82) is 0 Å². The van der Waals surface area contributed by atoms with Crippen LogP contribution in [0.2, 0.25) is 0 Å². The quantitative estimate of drug-likeness (QED) is 0.522. The normalized spacial score (nSPS) is 10.9. The Hall–Kier alpha value is -2.31. The number of para-hydroxylation sites is 1. The molecule has 0 aromatic heterocycles. The minimum Gasteiger partial charge on any atom is -0.380 e. The molecule has 0 heterocycles. The third kappa shape index (κ3) is 3.59. The van der Waals surface area contributed by atoms with E-state index in [1.165, 1.54) is 0 Å². The van der Waals surface area contributed by atoms with Crippen LogP contribution in [0.3, 0.4) is 0 Å². The summed E-state index contributed by atoms with van der Waals surface area (Å²) in [4.78, 5) is 22.0. The molecule has 1 aromatic rings. The summed E-state index contributed by atoms with van der Waals surface area (Å²) in [5.41, 5.74) is 5.27. The molecule has 110 valence electrons. The maximum atomic E-state index is 11.3. The molecule has 0 saturated heterocycles. The largest absolute Gasteiger partial charge is 0.380 e. The fourth-order valence-corrected chi connectivity index (χ4v) is 1.62. The molecule has 1 amide bonds. The number of hydrogen-bond acceptors (Lipinski definition) is 5. The van der Waals surface area contributed by atoms with Gasteiger partial charge in [0.2, 0.25) is 5.91 Å². The van der Waals surface area contributed by atoms with Gasteiger partial charge < -0.3 is 16.4 Å². The molecule has 0 atom stereocenters. The van der Waals surface area contributed by atoms with Crippen LogP contribution in [-0.4, -0.2) is 23.9 Å². The van der Waals surface area contributed by atoms with E-state index in [2.05, 4.69) is 10.6 Å². The predicted molar refractivity (Wildman–Crippen MR) is 78.7 cm³/mol. The summed E-state index contributed by atoms with van der Waals surface area (Å²) >= 11 is 0. The van der Waals surface area contributed by atoms with Crippen LogP contribution in [0.5, 0.6) is 0 Å². The van der Waals surface area contributed by atoms with Crippen molar-refractivity contribution in [3.05, 3.63) is 28.3 Å². The Morgan fingerprint density at radius 1 is 1.35 bits per heavy atom. The summed E-state index contributed by atoms with van der Waals surface area (Å²) in [7, 11) is 0. The van der Waals surface area contributed by atoms with E-state index in [0.29, 0.717) is 17.9 Å². The highest BCUT2D eigenvalue weighted by atomic mass is 16.6. The van der Waals surface area contributed by atoms with Crippen LogP contribution in [0, 0.1) is 15.5 Å². The SMILES string of the molecule is CCNc1cccc(NCC(C)(C)C(N)=O)c1[N+](=O)[O-]. The molecule has 0 spiro atoms. The maximum Gasteiger partial charge on any atom is 0.315 e. The third-order valence-electron chi connectivity index (χ3n) is 2.97. The Kier molecular flexibility index (Phi) is 4.90. The number of nitrogens with two attached hydrogens (primary N) is 1. The van der Waals surface area contributed by atoms with Crippen LogP contribution in [0.15, 0.2) is 18.2 Å². The lowest BCUT2D eigenvalue weighted by molar-refractivity contribution is -0.383. The van der Waals surface area contributed by atoms with Crippen molar-refractivity contribution in [1.82, 2.24) is 0 Å². The summed E-state index contributed by atoms with van der Waals surface area (Å²) in [6, 6.07) is 4.96. The number of carbonyl (C=O) groups excluding carboxylic acids is 1. The second-order valence-electron chi connectivity index (χ2n) is 5.09. The molecule has 1 rings (SSSR count). The average molecular weight is 280 g/mol. The van der Waals surface area contributed by atoms with Gasteiger partial charge in [0, 0.05) is 13.1 Å². The second kappa shape index (κ2) is 6.23. The van der Waals surface area contributed by atoms with Crippen LogP contribution in [0.4, 0.5) is 17.1 Å². The number of rotatable bonds is 7. The molecule has 7 heteroatoms. The number of benzene rings is 1. The van der Waals surface area contributed by atoms with Crippen LogP contribution < -0.4 is 16.4 Å². The molecule has 4 N–H and O–H groups in total. The minimum atomic E-state index is -0.790. The number of hydrogen-bond donors (Lipinski definition) is 3. The Labute approximate surface area is 117 Å². The lowest BCUT2D eigenvalue weighted by Crippen LogP contribution is -2.37. The number of nitro benzene ring substituents is 1. The number of amides is 1. The molecular formula is C13H20N4O3. The van der Waals surface area contributed by atoms with E-state index < -0.39 is 16.2 Å². The van der Waals surface area contributed by atoms with Gasteiger partial charge in [0.05, 0.1) is 10.3 Å². The monoisotopic (exact) mass is 280 g/mol. The Bertz CT molecular complexity index is 514. The molecule has 0 fully saturated rings. The van der Waals surface area contributed by atoms with Crippen LogP contribution in [-0.2, 0) is 4.79 Å². The zero-order valence-corrected chi connectivity index (χ0v) is 11.9. The van der Waals surface area contributed by atoms with Gasteiger partial charge in [-0.1, -0.05) is 6.07 Å². The molecule has 0 bridgehead atoms. The van der Waals surface area contributed by atoms with Crippen molar-refractivity contribution in [2.24, 2.45) is 11.1 Å². The number of nitro groups is 1. The Morgan fingerprint density at radius 3 is 2.35 bits per heavy atom. The standard InChI is InChI=1S/C13H20N4O3/c1-4-15-9-6-5-7-10(11(9)17(19)20)16-8-13(2,3)12(14)18/h5-7,15-16H,4,8H2,1-3H3,(H2,14,18). The van der Waals surface area contributed by atoms with Crippen molar-refractivity contribution < 1.29 is 9.72 Å². The highest BCUT2D eigenvalue weighted by Crippen LogP contribution is 2.33. The molecular weight excluding hydrogens is 260 g/mol. The van der Waals surface area contributed by atoms with Crippen molar-refractivity contribution in [3.8, 4) is 0 Å². The third-order valence-corrected chi connectivity index (χ3v) is 2.97. The number of anilines is 2. The second-order valence-corrected chi connectivity index (χ2v) is 5.09. The molecule has 0 aliphatic rings. The summed E-state index contributed by atoms with van der Waals surface area (Å²) in [6.45, 7) is 6.03. The van der Waals surface area contributed by atoms with Gasteiger partial charge in [0.1, 0.15) is 11.4 Å². The van der Waals surface area contributed by atoms with Crippen LogP contribution >= 0.6 is 0 Å². The highest BCUT2D eigenvalue weighted by Gasteiger charge is 2.26. The van der Waals surface area contributed by atoms with E-state index in [1.54, 1.807) is 32.0 Å². The topological polar surface area (TPSA) is 110 Å². The summed E-state index contributed by atoms with van der Waals surface area (Å²) in [5.74, 6) is -0.463. The Balaban J connectivity index is 3.03. The molecule has 0 saturated carbocycles. The molecule has 0 aliphatic carbocycles. The molecule has 0 aliphatic heterocycles. The first kappa shape index (κ1) is 15.7. The first-order valence-electron chi connectivity index (χ1n) is 6.34. The lowest BCUT2D eigenvalue weighted by atomic mass is 9.92. The zero-order chi connectivity index (χ0) is 15.3. The van der Waals surface area contributed by atoms with Crippen molar-refractivity contribution in [2.75, 3.05) is 23.7 Å². The van der Waals surface area contributed by atoms with Gasteiger partial charge in [-0.25, -0.2) is 0 Å². The molecule has 20 heavy (non-hydrogen) atoms. The summed E-state index contributed by atoms with van der Waals surface area (Å²) in [5, 5.41) is 17.1. The van der Waals surface area contributed by atoms with Gasteiger partial charge in [0.25, 0.3) is 0 Å². The molecule has 7 nitrogen and oxygen atoms in total. The van der Waals surface area contributed by atoms with E-state index in [1.807, 2.05) is 6.92 Å². The smallest absolute Gasteiger partial charge is 0.315 e. The lowest BCUT2D eigenvalue weighted by Gasteiger charge is -2.21. The van der Waals surface area contributed by atoms with Gasteiger partial charge in [-0.2, -0.15) is 0 Å². The van der Waals surface area contributed by atoms with E-state index in [9.17, 15) is 14.9 Å². The predicted octanol–water partition coefficient (Wildman–Crippen LogP) is 1.95. The van der Waals surface area contributed by atoms with Crippen LogP contribution in [0.1, 0.15) is 20.8 Å². The van der Waals surface area contributed by atoms with E-state index in [-0.39, 0.29) is 12.2 Å².